The van der Waals surface area contributed by atoms with Gasteiger partial charge in [-0.1, -0.05) is 133 Å². The standard InChI is InChI=1S/C62H35N7/c1-65-51-23-11-20-45(31-51)47-26-28-60-56(34-47)55-33-46(44-19-9-13-40(29-44)38-63)25-27-59(55)69(60)61-53(48-21-10-14-41(30-48)39-64)35-50(36-54(61)49-22-12-24-52(32-49)66-2)58-37-57(42-15-5-3-6-16-42)67-62(68-58)43-17-7-4-8-18-43/h3-37H. The fourth-order valence-corrected chi connectivity index (χ4v) is 9.18. The Hall–Kier alpha value is -10.2. The van der Waals surface area contributed by atoms with Gasteiger partial charge >= 0.3 is 0 Å². The van der Waals surface area contributed by atoms with Crippen molar-refractivity contribution in [2.45, 2.75) is 0 Å². The van der Waals surface area contributed by atoms with Crippen molar-refractivity contribution in [1.82, 2.24) is 14.5 Å². The molecule has 0 aliphatic rings. The Bertz CT molecular complexity index is 3760. The number of hydrogen-bond donors (Lipinski definition) is 0. The summed E-state index contributed by atoms with van der Waals surface area (Å²) < 4.78 is 2.29. The molecule has 7 nitrogen and oxygen atoms in total. The zero-order chi connectivity index (χ0) is 46.8. The summed E-state index contributed by atoms with van der Waals surface area (Å²) in [7, 11) is 0. The van der Waals surface area contributed by atoms with E-state index >= 15 is 0 Å². The molecular formula is C62H35N7. The minimum atomic E-state index is 0.495. The SMILES string of the molecule is [C-]#[N+]c1cccc(-c2ccc3c(c2)c2cc(-c4cccc(C#N)c4)ccc2n3-c2c(-c3cccc(C#N)c3)cc(-c3cc(-c4ccccc4)nc(-c4ccccc4)n3)cc2-c2cccc([N+]#[C-])c2)c1. The highest BCUT2D eigenvalue weighted by Crippen LogP contribution is 2.46. The van der Waals surface area contributed by atoms with Crippen LogP contribution < -0.4 is 0 Å². The van der Waals surface area contributed by atoms with Crippen LogP contribution in [0, 0.1) is 35.8 Å². The molecule has 2 heterocycles. The van der Waals surface area contributed by atoms with E-state index in [4.69, 9.17) is 23.1 Å². The van der Waals surface area contributed by atoms with Crippen molar-refractivity contribution in [1.29, 1.82) is 10.5 Å². The van der Waals surface area contributed by atoms with Gasteiger partial charge in [0, 0.05) is 38.6 Å². The van der Waals surface area contributed by atoms with Gasteiger partial charge in [0.25, 0.3) is 0 Å². The molecule has 0 amide bonds. The zero-order valence-corrected chi connectivity index (χ0v) is 36.8. The van der Waals surface area contributed by atoms with E-state index in [0.717, 1.165) is 94.4 Å². The molecular weight excluding hydrogens is 843 g/mol. The van der Waals surface area contributed by atoms with E-state index in [2.05, 4.69) is 74.9 Å². The summed E-state index contributed by atoms with van der Waals surface area (Å²) in [6, 6.07) is 74.5. The highest BCUT2D eigenvalue weighted by atomic mass is 15.0. The maximum atomic E-state index is 10.3. The average Bonchev–Trinajstić information content (AvgIpc) is 3.75. The summed E-state index contributed by atoms with van der Waals surface area (Å²) in [6.07, 6.45) is 0. The van der Waals surface area contributed by atoms with Crippen LogP contribution in [0.1, 0.15) is 11.1 Å². The molecule has 0 aliphatic heterocycles. The lowest BCUT2D eigenvalue weighted by Crippen LogP contribution is -2.03. The maximum absolute atomic E-state index is 10.3. The second-order valence-electron chi connectivity index (χ2n) is 16.6. The Morgan fingerprint density at radius 3 is 1.36 bits per heavy atom. The molecule has 0 spiro atoms. The van der Waals surface area contributed by atoms with Crippen molar-refractivity contribution in [3.05, 3.63) is 246 Å². The average molecular weight is 878 g/mol. The summed E-state index contributed by atoms with van der Waals surface area (Å²) in [5.41, 5.74) is 16.0. The summed E-state index contributed by atoms with van der Waals surface area (Å²) in [6.45, 7) is 15.8. The van der Waals surface area contributed by atoms with Crippen LogP contribution in [0.15, 0.2) is 212 Å². The van der Waals surface area contributed by atoms with Crippen molar-refractivity contribution in [3.63, 3.8) is 0 Å². The van der Waals surface area contributed by atoms with Gasteiger partial charge in [-0.05, 0) is 112 Å². The fraction of sp³-hybridized carbons (Fsp3) is 0. The predicted molar refractivity (Wildman–Crippen MR) is 276 cm³/mol. The highest BCUT2D eigenvalue weighted by molar-refractivity contribution is 6.13. The molecule has 69 heavy (non-hydrogen) atoms. The normalized spacial score (nSPS) is 10.8. The van der Waals surface area contributed by atoms with Crippen LogP contribution >= 0.6 is 0 Å². The minimum Gasteiger partial charge on any atom is -0.308 e. The number of nitriles is 2. The number of rotatable bonds is 8. The van der Waals surface area contributed by atoms with Crippen LogP contribution in [-0.4, -0.2) is 14.5 Å². The zero-order valence-electron chi connectivity index (χ0n) is 36.8. The van der Waals surface area contributed by atoms with Crippen molar-refractivity contribution < 1.29 is 0 Å². The third-order valence-corrected chi connectivity index (χ3v) is 12.4. The quantitative estimate of drug-likeness (QED) is 0.142. The van der Waals surface area contributed by atoms with E-state index in [9.17, 15) is 10.5 Å². The Labute approximate surface area is 399 Å². The van der Waals surface area contributed by atoms with Gasteiger partial charge in [-0.2, -0.15) is 10.5 Å². The summed E-state index contributed by atoms with van der Waals surface area (Å²) in [5, 5.41) is 22.1. The van der Waals surface area contributed by atoms with Crippen molar-refractivity contribution in [2.24, 2.45) is 0 Å². The molecule has 0 saturated carbocycles. The van der Waals surface area contributed by atoms with E-state index < -0.39 is 0 Å². The first-order valence-electron chi connectivity index (χ1n) is 22.2. The number of aromatic nitrogens is 3. The summed E-state index contributed by atoms with van der Waals surface area (Å²) in [4.78, 5) is 18.0. The lowest BCUT2D eigenvalue weighted by Gasteiger charge is -2.22. The van der Waals surface area contributed by atoms with E-state index in [1.165, 1.54) is 0 Å². The van der Waals surface area contributed by atoms with E-state index in [1.807, 2.05) is 158 Å². The van der Waals surface area contributed by atoms with Crippen LogP contribution in [0.5, 0.6) is 0 Å². The van der Waals surface area contributed by atoms with Gasteiger partial charge in [0.2, 0.25) is 0 Å². The molecule has 7 heteroatoms. The van der Waals surface area contributed by atoms with Crippen molar-refractivity contribution in [2.75, 3.05) is 0 Å². The molecule has 0 aliphatic carbocycles. The molecule has 0 fully saturated rings. The summed E-state index contributed by atoms with van der Waals surface area (Å²) >= 11 is 0. The molecule has 318 valence electrons. The van der Waals surface area contributed by atoms with E-state index in [1.54, 1.807) is 6.07 Å². The maximum Gasteiger partial charge on any atom is 0.187 e. The molecule has 0 bridgehead atoms. The number of benzene rings is 9. The van der Waals surface area contributed by atoms with Crippen LogP contribution in [0.3, 0.4) is 0 Å². The molecule has 11 aromatic rings. The Kier molecular flexibility index (Phi) is 10.6. The molecule has 0 unspecified atom stereocenters. The van der Waals surface area contributed by atoms with Gasteiger partial charge < -0.3 is 4.57 Å². The number of hydrogen-bond acceptors (Lipinski definition) is 4. The smallest absolute Gasteiger partial charge is 0.187 e. The van der Waals surface area contributed by atoms with Gasteiger partial charge in [0.15, 0.2) is 17.2 Å². The first-order chi connectivity index (χ1) is 34.0. The Morgan fingerprint density at radius 2 is 0.812 bits per heavy atom. The third-order valence-electron chi connectivity index (χ3n) is 12.4. The monoisotopic (exact) mass is 877 g/mol. The topological polar surface area (TPSA) is 87.0 Å². The number of fused-ring (bicyclic) bond motifs is 3. The molecule has 0 N–H and O–H groups in total. The highest BCUT2D eigenvalue weighted by Gasteiger charge is 2.24. The molecule has 2 aromatic heterocycles. The minimum absolute atomic E-state index is 0.495. The van der Waals surface area contributed by atoms with E-state index in [-0.39, 0.29) is 0 Å². The van der Waals surface area contributed by atoms with Crippen LogP contribution in [0.2, 0.25) is 0 Å². The number of nitrogens with zero attached hydrogens (tertiary/aromatic N) is 7. The lowest BCUT2D eigenvalue weighted by molar-refractivity contribution is 1.17. The summed E-state index contributed by atoms with van der Waals surface area (Å²) in [5.74, 6) is 0.580. The largest absolute Gasteiger partial charge is 0.308 e. The lowest BCUT2D eigenvalue weighted by atomic mass is 9.91. The van der Waals surface area contributed by atoms with Gasteiger partial charge in [-0.3, -0.25) is 0 Å². The molecule has 0 atom stereocenters. The van der Waals surface area contributed by atoms with Crippen LogP contribution in [-0.2, 0) is 0 Å². The first kappa shape index (κ1) is 41.5. The van der Waals surface area contributed by atoms with Gasteiger partial charge in [0.05, 0.1) is 64.5 Å². The van der Waals surface area contributed by atoms with Crippen molar-refractivity contribution in [3.8, 4) is 96.2 Å². The molecule has 11 rings (SSSR count). The van der Waals surface area contributed by atoms with E-state index in [0.29, 0.717) is 34.0 Å². The van der Waals surface area contributed by atoms with Crippen LogP contribution in [0.25, 0.3) is 116 Å². The molecule has 9 aromatic carbocycles. The molecule has 0 saturated heterocycles. The third kappa shape index (κ3) is 7.82. The fourth-order valence-electron chi connectivity index (χ4n) is 9.18. The molecule has 0 radical (unpaired) electrons. The first-order valence-corrected chi connectivity index (χ1v) is 22.2. The van der Waals surface area contributed by atoms with Gasteiger partial charge in [-0.25, -0.2) is 19.7 Å². The van der Waals surface area contributed by atoms with Crippen molar-refractivity contribution >= 4 is 33.2 Å². The van der Waals surface area contributed by atoms with Gasteiger partial charge in [0.1, 0.15) is 0 Å². The predicted octanol–water partition coefficient (Wildman–Crippen LogP) is 16.1. The Morgan fingerprint density at radius 1 is 0.377 bits per heavy atom. The van der Waals surface area contributed by atoms with Gasteiger partial charge in [-0.15, -0.1) is 0 Å². The second-order valence-corrected chi connectivity index (χ2v) is 16.6. The Balaban J connectivity index is 1.27. The second kappa shape index (κ2) is 17.7. The van der Waals surface area contributed by atoms with Crippen LogP contribution in [0.4, 0.5) is 11.4 Å².